The summed E-state index contributed by atoms with van der Waals surface area (Å²) in [5.41, 5.74) is 1.56. The number of hydrogen-bond donors (Lipinski definition) is 2. The van der Waals surface area contributed by atoms with E-state index in [1.54, 1.807) is 13.0 Å². The first-order valence-electron chi connectivity index (χ1n) is 6.67. The highest BCUT2D eigenvalue weighted by molar-refractivity contribution is 5.86. The average Bonchev–Trinajstić information content (AvgIpc) is 2.46. The van der Waals surface area contributed by atoms with Crippen molar-refractivity contribution < 1.29 is 9.90 Å². The number of aliphatic carboxylic acids is 1. The van der Waals surface area contributed by atoms with Crippen molar-refractivity contribution >= 4 is 16.7 Å². The molecule has 20 heavy (non-hydrogen) atoms. The van der Waals surface area contributed by atoms with Crippen LogP contribution in [0.1, 0.15) is 12.5 Å². The lowest BCUT2D eigenvalue weighted by molar-refractivity contribution is -0.132. The van der Waals surface area contributed by atoms with Crippen LogP contribution in [0, 0.1) is 0 Å². The molecule has 0 radical (unpaired) electrons. The number of carbonyl (C=O) groups is 1. The summed E-state index contributed by atoms with van der Waals surface area (Å²) >= 11 is 0. The molecule has 0 amide bonds. The van der Waals surface area contributed by atoms with Gasteiger partial charge in [0, 0.05) is 11.6 Å². The molecular formula is C17H19NO2. The number of hydrogen-bond acceptors (Lipinski definition) is 2. The van der Waals surface area contributed by atoms with Gasteiger partial charge in [0.1, 0.15) is 0 Å². The molecule has 0 fully saturated rings. The molecule has 2 aromatic carbocycles. The highest BCUT2D eigenvalue weighted by Gasteiger charge is 2.08. The third kappa shape index (κ3) is 3.45. The highest BCUT2D eigenvalue weighted by Crippen LogP contribution is 2.17. The van der Waals surface area contributed by atoms with Gasteiger partial charge in [0.05, 0.1) is 0 Å². The summed E-state index contributed by atoms with van der Waals surface area (Å²) < 4.78 is 0. The van der Waals surface area contributed by atoms with Crippen molar-refractivity contribution in [3.8, 4) is 0 Å². The summed E-state index contributed by atoms with van der Waals surface area (Å²) in [5, 5.41) is 14.5. The normalized spacial score (nSPS) is 13.4. The predicted molar refractivity (Wildman–Crippen MR) is 81.9 cm³/mol. The van der Waals surface area contributed by atoms with Gasteiger partial charge < -0.3 is 10.4 Å². The molecule has 2 rings (SSSR count). The third-order valence-corrected chi connectivity index (χ3v) is 3.43. The van der Waals surface area contributed by atoms with Crippen LogP contribution in [0.15, 0.2) is 54.1 Å². The van der Waals surface area contributed by atoms with Crippen LogP contribution in [0.4, 0.5) is 0 Å². The van der Waals surface area contributed by atoms with Crippen molar-refractivity contribution in [3.05, 3.63) is 59.7 Å². The van der Waals surface area contributed by atoms with Gasteiger partial charge in [-0.2, -0.15) is 0 Å². The maximum atomic E-state index is 10.9. The first kappa shape index (κ1) is 14.3. The van der Waals surface area contributed by atoms with E-state index in [0.29, 0.717) is 5.57 Å². The summed E-state index contributed by atoms with van der Waals surface area (Å²) in [7, 11) is 1.84. The van der Waals surface area contributed by atoms with E-state index in [-0.39, 0.29) is 6.04 Å². The van der Waals surface area contributed by atoms with Gasteiger partial charge in [-0.05, 0) is 36.7 Å². The van der Waals surface area contributed by atoms with Crippen LogP contribution < -0.4 is 5.32 Å². The molecule has 0 aliphatic heterocycles. The second-order valence-corrected chi connectivity index (χ2v) is 4.94. The maximum absolute atomic E-state index is 10.9. The quantitative estimate of drug-likeness (QED) is 0.820. The summed E-state index contributed by atoms with van der Waals surface area (Å²) in [4.78, 5) is 10.9. The molecule has 2 aromatic rings. The van der Waals surface area contributed by atoms with Crippen LogP contribution >= 0.6 is 0 Å². The Morgan fingerprint density at radius 1 is 1.25 bits per heavy atom. The Labute approximate surface area is 118 Å². The Balaban J connectivity index is 2.21. The van der Waals surface area contributed by atoms with Crippen LogP contribution in [0.25, 0.3) is 10.8 Å². The Morgan fingerprint density at radius 2 is 1.95 bits per heavy atom. The number of benzene rings is 2. The van der Waals surface area contributed by atoms with Crippen molar-refractivity contribution in [1.29, 1.82) is 0 Å². The first-order chi connectivity index (χ1) is 9.60. The van der Waals surface area contributed by atoms with E-state index in [2.05, 4.69) is 35.6 Å². The van der Waals surface area contributed by atoms with Crippen LogP contribution in [0.3, 0.4) is 0 Å². The lowest BCUT2D eigenvalue weighted by atomic mass is 10.0. The lowest BCUT2D eigenvalue weighted by Crippen LogP contribution is -2.26. The SMILES string of the molecule is CN[C@@H](C=C(C)C(=O)O)Cc1ccc2ccccc2c1. The molecule has 0 aromatic heterocycles. The van der Waals surface area contributed by atoms with E-state index < -0.39 is 5.97 Å². The van der Waals surface area contributed by atoms with Crippen molar-refractivity contribution in [1.82, 2.24) is 5.32 Å². The molecular weight excluding hydrogens is 250 g/mol. The average molecular weight is 269 g/mol. The zero-order chi connectivity index (χ0) is 14.5. The van der Waals surface area contributed by atoms with Crippen LogP contribution in [0.5, 0.6) is 0 Å². The second-order valence-electron chi connectivity index (χ2n) is 4.94. The lowest BCUT2D eigenvalue weighted by Gasteiger charge is -2.13. The van der Waals surface area contributed by atoms with E-state index in [4.69, 9.17) is 5.11 Å². The van der Waals surface area contributed by atoms with Gasteiger partial charge in [-0.25, -0.2) is 4.79 Å². The Hall–Kier alpha value is -2.13. The summed E-state index contributed by atoms with van der Waals surface area (Å²) in [5.74, 6) is -0.872. The van der Waals surface area contributed by atoms with E-state index in [0.717, 1.165) is 6.42 Å². The molecule has 0 aliphatic carbocycles. The number of carboxylic acid groups (broad SMARTS) is 1. The third-order valence-electron chi connectivity index (χ3n) is 3.43. The predicted octanol–water partition coefficient (Wildman–Crippen LogP) is 3.00. The largest absolute Gasteiger partial charge is 0.478 e. The molecule has 0 saturated heterocycles. The molecule has 0 heterocycles. The van der Waals surface area contributed by atoms with Crippen LogP contribution in [-0.2, 0) is 11.2 Å². The molecule has 0 aliphatic rings. The number of rotatable bonds is 5. The van der Waals surface area contributed by atoms with Gasteiger partial charge >= 0.3 is 5.97 Å². The number of likely N-dealkylation sites (N-methyl/N-ethyl adjacent to an activating group) is 1. The molecule has 2 N–H and O–H groups in total. The fourth-order valence-electron chi connectivity index (χ4n) is 2.24. The summed E-state index contributed by atoms with van der Waals surface area (Å²) in [6, 6.07) is 14.6. The van der Waals surface area contributed by atoms with E-state index in [1.807, 2.05) is 19.2 Å². The van der Waals surface area contributed by atoms with E-state index in [9.17, 15) is 4.79 Å². The van der Waals surface area contributed by atoms with Crippen LogP contribution in [-0.4, -0.2) is 24.2 Å². The Morgan fingerprint density at radius 3 is 2.60 bits per heavy atom. The second kappa shape index (κ2) is 6.35. The summed E-state index contributed by atoms with van der Waals surface area (Å²) in [6.45, 7) is 1.62. The van der Waals surface area contributed by atoms with Gasteiger partial charge in [-0.1, -0.05) is 48.5 Å². The fraction of sp³-hybridized carbons (Fsp3) is 0.235. The standard InChI is InChI=1S/C17H19NO2/c1-12(17(19)20)9-16(18-2)11-13-7-8-14-5-3-4-6-15(14)10-13/h3-10,16,18H,11H2,1-2H3,(H,19,20)/t16-/m0/s1. The minimum absolute atomic E-state index is 0.0206. The van der Waals surface area contributed by atoms with Gasteiger partial charge in [-0.3, -0.25) is 0 Å². The molecule has 104 valence electrons. The van der Waals surface area contributed by atoms with Crippen molar-refractivity contribution in [2.45, 2.75) is 19.4 Å². The van der Waals surface area contributed by atoms with Gasteiger partial charge in [0.2, 0.25) is 0 Å². The van der Waals surface area contributed by atoms with E-state index >= 15 is 0 Å². The minimum Gasteiger partial charge on any atom is -0.478 e. The van der Waals surface area contributed by atoms with Gasteiger partial charge in [-0.15, -0.1) is 0 Å². The number of carboxylic acids is 1. The molecule has 0 unspecified atom stereocenters. The van der Waals surface area contributed by atoms with E-state index in [1.165, 1.54) is 16.3 Å². The molecule has 0 spiro atoms. The Bertz CT molecular complexity index is 646. The highest BCUT2D eigenvalue weighted by atomic mass is 16.4. The molecule has 3 heteroatoms. The smallest absolute Gasteiger partial charge is 0.331 e. The molecule has 0 bridgehead atoms. The zero-order valence-electron chi connectivity index (χ0n) is 11.8. The first-order valence-corrected chi connectivity index (χ1v) is 6.67. The van der Waals surface area contributed by atoms with Gasteiger partial charge in [0.15, 0.2) is 0 Å². The van der Waals surface area contributed by atoms with Crippen molar-refractivity contribution in [3.63, 3.8) is 0 Å². The molecule has 1 atom stereocenters. The topological polar surface area (TPSA) is 49.3 Å². The van der Waals surface area contributed by atoms with Gasteiger partial charge in [0.25, 0.3) is 0 Å². The number of nitrogens with one attached hydrogen (secondary N) is 1. The van der Waals surface area contributed by atoms with Crippen molar-refractivity contribution in [2.75, 3.05) is 7.05 Å². The minimum atomic E-state index is -0.872. The Kier molecular flexibility index (Phi) is 4.53. The monoisotopic (exact) mass is 269 g/mol. The zero-order valence-corrected chi connectivity index (χ0v) is 11.8. The van der Waals surface area contributed by atoms with Crippen molar-refractivity contribution in [2.24, 2.45) is 0 Å². The number of fused-ring (bicyclic) bond motifs is 1. The summed E-state index contributed by atoms with van der Waals surface area (Å²) in [6.07, 6.45) is 2.53. The van der Waals surface area contributed by atoms with Crippen LogP contribution in [0.2, 0.25) is 0 Å². The maximum Gasteiger partial charge on any atom is 0.331 e. The molecule has 3 nitrogen and oxygen atoms in total. The fourth-order valence-corrected chi connectivity index (χ4v) is 2.24. The molecule has 0 saturated carbocycles.